The maximum Gasteiger partial charge on any atom is 0.250 e. The molecule has 0 bridgehead atoms. The van der Waals surface area contributed by atoms with Gasteiger partial charge in [-0.2, -0.15) is 0 Å². The van der Waals surface area contributed by atoms with Crippen molar-refractivity contribution in [1.29, 1.82) is 0 Å². The van der Waals surface area contributed by atoms with Gasteiger partial charge in [-0.05, 0) is 18.8 Å². The van der Waals surface area contributed by atoms with Crippen molar-refractivity contribution in [2.75, 3.05) is 19.6 Å². The summed E-state index contributed by atoms with van der Waals surface area (Å²) in [6, 6.07) is 0. The number of alkyl halides is 2. The van der Waals surface area contributed by atoms with Crippen LogP contribution in [0.2, 0.25) is 0 Å². The summed E-state index contributed by atoms with van der Waals surface area (Å²) in [5, 5.41) is 0. The van der Waals surface area contributed by atoms with Crippen molar-refractivity contribution >= 4 is 5.78 Å². The van der Waals surface area contributed by atoms with Crippen molar-refractivity contribution in [2.45, 2.75) is 44.4 Å². The van der Waals surface area contributed by atoms with Crippen LogP contribution in [0.4, 0.5) is 8.78 Å². The highest BCUT2D eigenvalue weighted by atomic mass is 19.3. The average Bonchev–Trinajstić information content (AvgIpc) is 2.24. The van der Waals surface area contributed by atoms with Crippen molar-refractivity contribution in [1.82, 2.24) is 4.90 Å². The maximum absolute atomic E-state index is 12.9. The number of hydrogen-bond donors (Lipinski definition) is 0. The molecular formula is C12H19F2NO. The number of carbonyl (C=O) groups is 1. The van der Waals surface area contributed by atoms with Gasteiger partial charge >= 0.3 is 0 Å². The molecule has 0 aromatic rings. The molecule has 0 amide bonds. The van der Waals surface area contributed by atoms with Gasteiger partial charge in [0.05, 0.1) is 0 Å². The lowest BCUT2D eigenvalue weighted by Gasteiger charge is -2.34. The smallest absolute Gasteiger partial charge is 0.250 e. The van der Waals surface area contributed by atoms with Crippen molar-refractivity contribution in [3.8, 4) is 0 Å². The molecule has 4 heteroatoms. The molecule has 1 heterocycles. The maximum atomic E-state index is 12.9. The van der Waals surface area contributed by atoms with E-state index >= 15 is 0 Å². The SMILES string of the molecule is O=C1CCC(CN2CCC(F)(F)CC2)CC1. The Hall–Kier alpha value is -0.510. The highest BCUT2D eigenvalue weighted by Crippen LogP contribution is 2.29. The molecule has 0 atom stereocenters. The molecule has 92 valence electrons. The molecule has 1 saturated carbocycles. The fourth-order valence-corrected chi connectivity index (χ4v) is 2.61. The average molecular weight is 231 g/mol. The highest BCUT2D eigenvalue weighted by molar-refractivity contribution is 5.79. The van der Waals surface area contributed by atoms with Crippen molar-refractivity contribution in [2.24, 2.45) is 5.92 Å². The Bertz CT molecular complexity index is 248. The summed E-state index contributed by atoms with van der Waals surface area (Å²) in [4.78, 5) is 13.2. The van der Waals surface area contributed by atoms with Crippen LogP contribution >= 0.6 is 0 Å². The third-order valence-electron chi connectivity index (χ3n) is 3.77. The van der Waals surface area contributed by atoms with Crippen LogP contribution in [0.5, 0.6) is 0 Å². The monoisotopic (exact) mass is 231 g/mol. The third kappa shape index (κ3) is 3.24. The van der Waals surface area contributed by atoms with Gasteiger partial charge in [0.15, 0.2) is 0 Å². The van der Waals surface area contributed by atoms with E-state index in [-0.39, 0.29) is 12.8 Å². The number of hydrogen-bond acceptors (Lipinski definition) is 2. The molecule has 2 fully saturated rings. The highest BCUT2D eigenvalue weighted by Gasteiger charge is 2.34. The van der Waals surface area contributed by atoms with Gasteiger partial charge in [0, 0.05) is 45.3 Å². The van der Waals surface area contributed by atoms with Crippen molar-refractivity contribution in [3.63, 3.8) is 0 Å². The second kappa shape index (κ2) is 4.78. The zero-order valence-electron chi connectivity index (χ0n) is 9.55. The van der Waals surface area contributed by atoms with Crippen LogP contribution in [0.1, 0.15) is 38.5 Å². The molecule has 2 rings (SSSR count). The summed E-state index contributed by atoms with van der Waals surface area (Å²) in [7, 11) is 0. The second-order valence-electron chi connectivity index (χ2n) is 5.14. The fourth-order valence-electron chi connectivity index (χ4n) is 2.61. The molecule has 2 nitrogen and oxygen atoms in total. The van der Waals surface area contributed by atoms with E-state index in [1.807, 2.05) is 0 Å². The Morgan fingerprint density at radius 2 is 1.75 bits per heavy atom. The number of nitrogens with zero attached hydrogens (tertiary/aromatic N) is 1. The lowest BCUT2D eigenvalue weighted by molar-refractivity contribution is -0.121. The van der Waals surface area contributed by atoms with E-state index in [9.17, 15) is 13.6 Å². The second-order valence-corrected chi connectivity index (χ2v) is 5.14. The predicted octanol–water partition coefficient (Wildman–Crippen LogP) is 2.48. The van der Waals surface area contributed by atoms with Gasteiger partial charge < -0.3 is 4.90 Å². The van der Waals surface area contributed by atoms with E-state index < -0.39 is 5.92 Å². The summed E-state index contributed by atoms with van der Waals surface area (Å²) >= 11 is 0. The van der Waals surface area contributed by atoms with Gasteiger partial charge in [0.2, 0.25) is 0 Å². The number of halogens is 2. The quantitative estimate of drug-likeness (QED) is 0.727. The Kier molecular flexibility index (Phi) is 3.57. The normalized spacial score (nSPS) is 28.2. The van der Waals surface area contributed by atoms with Gasteiger partial charge in [0.25, 0.3) is 5.92 Å². The number of ketones is 1. The molecule has 1 aliphatic heterocycles. The Balaban J connectivity index is 1.72. The van der Waals surface area contributed by atoms with Gasteiger partial charge in [-0.15, -0.1) is 0 Å². The molecule has 0 aromatic heterocycles. The van der Waals surface area contributed by atoms with Crippen LogP contribution in [0, 0.1) is 5.92 Å². The first-order valence-corrected chi connectivity index (χ1v) is 6.17. The predicted molar refractivity (Wildman–Crippen MR) is 57.6 cm³/mol. The van der Waals surface area contributed by atoms with Crippen LogP contribution in [-0.4, -0.2) is 36.2 Å². The van der Waals surface area contributed by atoms with Crippen LogP contribution in [-0.2, 0) is 4.79 Å². The number of Topliss-reactive ketones (excluding diaryl/α,β-unsaturated/α-hetero) is 1. The largest absolute Gasteiger partial charge is 0.303 e. The summed E-state index contributed by atoms with van der Waals surface area (Å²) in [6.07, 6.45) is 3.28. The summed E-state index contributed by atoms with van der Waals surface area (Å²) in [6.45, 7) is 1.93. The van der Waals surface area contributed by atoms with Gasteiger partial charge in [-0.1, -0.05) is 0 Å². The minimum absolute atomic E-state index is 0.00134. The van der Waals surface area contributed by atoms with E-state index in [1.54, 1.807) is 0 Å². The van der Waals surface area contributed by atoms with Crippen LogP contribution in [0.15, 0.2) is 0 Å². The summed E-state index contributed by atoms with van der Waals surface area (Å²) < 4.78 is 25.9. The zero-order valence-corrected chi connectivity index (χ0v) is 9.55. The first-order chi connectivity index (χ1) is 7.55. The number of piperidine rings is 1. The van der Waals surface area contributed by atoms with Crippen molar-refractivity contribution in [3.05, 3.63) is 0 Å². The number of likely N-dealkylation sites (tertiary alicyclic amines) is 1. The number of carbonyl (C=O) groups excluding carboxylic acids is 1. The van der Waals surface area contributed by atoms with Gasteiger partial charge in [0.1, 0.15) is 5.78 Å². The minimum atomic E-state index is -2.45. The lowest BCUT2D eigenvalue weighted by atomic mass is 9.87. The third-order valence-corrected chi connectivity index (χ3v) is 3.77. The molecule has 0 spiro atoms. The summed E-state index contributed by atoms with van der Waals surface area (Å²) in [5.74, 6) is -1.54. The van der Waals surface area contributed by atoms with E-state index in [4.69, 9.17) is 0 Å². The zero-order chi connectivity index (χ0) is 11.6. The van der Waals surface area contributed by atoms with E-state index in [2.05, 4.69) is 4.90 Å². The standard InChI is InChI=1S/C12H19F2NO/c13-12(14)5-7-15(8-6-12)9-10-1-3-11(16)4-2-10/h10H,1-9H2. The molecule has 0 aromatic carbocycles. The first kappa shape index (κ1) is 12.0. The summed E-state index contributed by atoms with van der Waals surface area (Å²) in [5.41, 5.74) is 0. The first-order valence-electron chi connectivity index (χ1n) is 6.17. The van der Waals surface area contributed by atoms with Crippen LogP contribution in [0.25, 0.3) is 0 Å². The van der Waals surface area contributed by atoms with Gasteiger partial charge in [-0.25, -0.2) is 8.78 Å². The molecule has 0 unspecified atom stereocenters. The molecule has 0 radical (unpaired) electrons. The Morgan fingerprint density at radius 3 is 2.31 bits per heavy atom. The Morgan fingerprint density at radius 1 is 1.19 bits per heavy atom. The lowest BCUT2D eigenvalue weighted by Crippen LogP contribution is -2.42. The van der Waals surface area contributed by atoms with E-state index in [0.29, 0.717) is 37.6 Å². The van der Waals surface area contributed by atoms with Gasteiger partial charge in [-0.3, -0.25) is 4.79 Å². The number of rotatable bonds is 2. The van der Waals surface area contributed by atoms with Crippen molar-refractivity contribution < 1.29 is 13.6 Å². The molecule has 1 aliphatic carbocycles. The topological polar surface area (TPSA) is 20.3 Å². The van der Waals surface area contributed by atoms with E-state index in [0.717, 1.165) is 19.4 Å². The molecule has 0 N–H and O–H groups in total. The molecule has 2 aliphatic rings. The molecule has 1 saturated heterocycles. The minimum Gasteiger partial charge on any atom is -0.303 e. The molecule has 16 heavy (non-hydrogen) atoms. The Labute approximate surface area is 95.0 Å². The fraction of sp³-hybridized carbons (Fsp3) is 0.917. The van der Waals surface area contributed by atoms with Crippen LogP contribution in [0.3, 0.4) is 0 Å². The van der Waals surface area contributed by atoms with Crippen LogP contribution < -0.4 is 0 Å². The van der Waals surface area contributed by atoms with E-state index in [1.165, 1.54) is 0 Å². The molecular weight excluding hydrogens is 212 g/mol.